The van der Waals surface area contributed by atoms with Crippen LogP contribution in [0.5, 0.6) is 0 Å². The largest absolute Gasteiger partial charge is 0.396 e. The Morgan fingerprint density at radius 1 is 1.50 bits per heavy atom. The van der Waals surface area contributed by atoms with E-state index in [9.17, 15) is 0 Å². The standard InChI is InChI=1S/C10H19N5O/c11-8-4-5-15(7-8)10-12-9(13-14-10)3-1-2-6-16/h8,16H,1-7,11H2,(H,12,13,14). The minimum absolute atomic E-state index is 0.238. The van der Waals surface area contributed by atoms with Gasteiger partial charge in [0.25, 0.3) is 0 Å². The zero-order chi connectivity index (χ0) is 11.4. The van der Waals surface area contributed by atoms with E-state index >= 15 is 0 Å². The molecule has 1 aromatic heterocycles. The first kappa shape index (κ1) is 11.3. The molecule has 1 aliphatic heterocycles. The number of hydrogen-bond donors (Lipinski definition) is 3. The first-order chi connectivity index (χ1) is 7.79. The molecule has 6 nitrogen and oxygen atoms in total. The summed E-state index contributed by atoms with van der Waals surface area (Å²) in [5.74, 6) is 1.65. The number of unbranched alkanes of at least 4 members (excludes halogenated alkanes) is 1. The summed E-state index contributed by atoms with van der Waals surface area (Å²) in [5.41, 5.74) is 5.83. The van der Waals surface area contributed by atoms with E-state index in [0.29, 0.717) is 0 Å². The van der Waals surface area contributed by atoms with Crippen molar-refractivity contribution >= 4 is 5.95 Å². The Morgan fingerprint density at radius 3 is 3.06 bits per heavy atom. The highest BCUT2D eigenvalue weighted by Crippen LogP contribution is 2.15. The smallest absolute Gasteiger partial charge is 0.244 e. The van der Waals surface area contributed by atoms with Crippen LogP contribution in [0.25, 0.3) is 0 Å². The van der Waals surface area contributed by atoms with E-state index < -0.39 is 0 Å². The number of nitrogens with zero attached hydrogens (tertiary/aromatic N) is 3. The van der Waals surface area contributed by atoms with E-state index in [1.165, 1.54) is 0 Å². The van der Waals surface area contributed by atoms with E-state index in [0.717, 1.165) is 50.5 Å². The van der Waals surface area contributed by atoms with Crippen molar-refractivity contribution in [2.75, 3.05) is 24.6 Å². The number of anilines is 1. The summed E-state index contributed by atoms with van der Waals surface area (Å²) in [7, 11) is 0. The number of nitrogens with one attached hydrogen (secondary N) is 1. The highest BCUT2D eigenvalue weighted by atomic mass is 16.2. The van der Waals surface area contributed by atoms with Crippen LogP contribution < -0.4 is 10.6 Å². The first-order valence-electron chi connectivity index (χ1n) is 5.82. The summed E-state index contributed by atoms with van der Waals surface area (Å²) < 4.78 is 0. The van der Waals surface area contributed by atoms with Crippen LogP contribution in [-0.2, 0) is 6.42 Å². The summed E-state index contributed by atoms with van der Waals surface area (Å²) in [6, 6.07) is 0.247. The van der Waals surface area contributed by atoms with Crippen molar-refractivity contribution in [1.29, 1.82) is 0 Å². The van der Waals surface area contributed by atoms with Gasteiger partial charge in [0.2, 0.25) is 5.95 Å². The molecule has 1 aliphatic rings. The third kappa shape index (κ3) is 2.70. The second-order valence-corrected chi connectivity index (χ2v) is 4.26. The van der Waals surface area contributed by atoms with Gasteiger partial charge in [-0.3, -0.25) is 5.10 Å². The van der Waals surface area contributed by atoms with Gasteiger partial charge in [-0.15, -0.1) is 5.10 Å². The molecule has 0 saturated carbocycles. The zero-order valence-corrected chi connectivity index (χ0v) is 9.39. The van der Waals surface area contributed by atoms with Crippen molar-refractivity contribution in [2.45, 2.75) is 31.7 Å². The maximum atomic E-state index is 8.68. The number of aryl methyl sites for hydroxylation is 1. The van der Waals surface area contributed by atoms with Gasteiger partial charge in [0.15, 0.2) is 0 Å². The number of aliphatic hydroxyl groups is 1. The Hall–Kier alpha value is -1.14. The molecule has 4 N–H and O–H groups in total. The third-order valence-corrected chi connectivity index (χ3v) is 2.85. The van der Waals surface area contributed by atoms with Crippen LogP contribution in [0.3, 0.4) is 0 Å². The van der Waals surface area contributed by atoms with Crippen molar-refractivity contribution < 1.29 is 5.11 Å². The average molecular weight is 225 g/mol. The van der Waals surface area contributed by atoms with Crippen molar-refractivity contribution in [1.82, 2.24) is 15.2 Å². The highest BCUT2D eigenvalue weighted by molar-refractivity contribution is 5.31. The fourth-order valence-corrected chi connectivity index (χ4v) is 1.91. The van der Waals surface area contributed by atoms with Gasteiger partial charge in [0.05, 0.1) is 0 Å². The van der Waals surface area contributed by atoms with Gasteiger partial charge < -0.3 is 15.7 Å². The maximum Gasteiger partial charge on any atom is 0.244 e. The van der Waals surface area contributed by atoms with Crippen LogP contribution in [0, 0.1) is 0 Å². The van der Waals surface area contributed by atoms with Crippen molar-refractivity contribution in [2.24, 2.45) is 5.73 Å². The lowest BCUT2D eigenvalue weighted by atomic mass is 10.2. The third-order valence-electron chi connectivity index (χ3n) is 2.85. The van der Waals surface area contributed by atoms with Crippen LogP contribution in [0.15, 0.2) is 0 Å². The van der Waals surface area contributed by atoms with Gasteiger partial charge >= 0.3 is 0 Å². The summed E-state index contributed by atoms with van der Waals surface area (Å²) in [5, 5.41) is 15.8. The summed E-state index contributed by atoms with van der Waals surface area (Å²) in [4.78, 5) is 6.53. The molecule has 90 valence electrons. The van der Waals surface area contributed by atoms with Gasteiger partial charge in [-0.2, -0.15) is 4.98 Å². The predicted octanol–water partition coefficient (Wildman–Crippen LogP) is -0.343. The van der Waals surface area contributed by atoms with E-state index in [2.05, 4.69) is 20.1 Å². The van der Waals surface area contributed by atoms with E-state index in [-0.39, 0.29) is 12.6 Å². The van der Waals surface area contributed by atoms with Crippen LogP contribution in [0.4, 0.5) is 5.95 Å². The van der Waals surface area contributed by atoms with Crippen molar-refractivity contribution in [3.05, 3.63) is 5.82 Å². The summed E-state index contributed by atoms with van der Waals surface area (Å²) in [6.07, 6.45) is 3.59. The number of aromatic amines is 1. The average Bonchev–Trinajstić information content (AvgIpc) is 2.87. The zero-order valence-electron chi connectivity index (χ0n) is 9.39. The predicted molar refractivity (Wildman–Crippen MR) is 61.2 cm³/mol. The van der Waals surface area contributed by atoms with Crippen LogP contribution in [0.1, 0.15) is 25.1 Å². The molecule has 0 aromatic carbocycles. The Kier molecular flexibility index (Phi) is 3.74. The molecule has 2 heterocycles. The number of aromatic nitrogens is 3. The summed E-state index contributed by atoms with van der Waals surface area (Å²) >= 11 is 0. The normalized spacial score (nSPS) is 20.6. The monoisotopic (exact) mass is 225 g/mol. The lowest BCUT2D eigenvalue weighted by Crippen LogP contribution is -2.26. The molecule has 1 unspecified atom stereocenters. The molecule has 0 aliphatic carbocycles. The highest BCUT2D eigenvalue weighted by Gasteiger charge is 2.22. The van der Waals surface area contributed by atoms with E-state index in [1.807, 2.05) is 0 Å². The molecule has 0 spiro atoms. The minimum atomic E-state index is 0.238. The number of rotatable bonds is 5. The van der Waals surface area contributed by atoms with Gasteiger partial charge in [0.1, 0.15) is 5.82 Å². The van der Waals surface area contributed by atoms with Crippen LogP contribution in [0.2, 0.25) is 0 Å². The molecule has 1 atom stereocenters. The molecular formula is C10H19N5O. The van der Waals surface area contributed by atoms with Crippen molar-refractivity contribution in [3.8, 4) is 0 Å². The molecule has 6 heteroatoms. The Morgan fingerprint density at radius 2 is 2.38 bits per heavy atom. The Balaban J connectivity index is 1.87. The van der Waals surface area contributed by atoms with E-state index in [4.69, 9.17) is 10.8 Å². The molecule has 1 saturated heterocycles. The number of hydrogen-bond acceptors (Lipinski definition) is 5. The number of aliphatic hydroxyl groups excluding tert-OH is 1. The topological polar surface area (TPSA) is 91.1 Å². The van der Waals surface area contributed by atoms with Crippen LogP contribution in [-0.4, -0.2) is 46.0 Å². The molecule has 0 amide bonds. The van der Waals surface area contributed by atoms with Crippen molar-refractivity contribution in [3.63, 3.8) is 0 Å². The summed E-state index contributed by atoms with van der Waals surface area (Å²) in [6.45, 7) is 2.02. The molecule has 16 heavy (non-hydrogen) atoms. The molecule has 0 radical (unpaired) electrons. The first-order valence-corrected chi connectivity index (χ1v) is 5.82. The number of nitrogens with two attached hydrogens (primary N) is 1. The minimum Gasteiger partial charge on any atom is -0.396 e. The quantitative estimate of drug-likeness (QED) is 0.596. The second-order valence-electron chi connectivity index (χ2n) is 4.26. The van der Waals surface area contributed by atoms with Crippen LogP contribution >= 0.6 is 0 Å². The van der Waals surface area contributed by atoms with Gasteiger partial charge in [-0.1, -0.05) is 0 Å². The molecule has 1 aromatic rings. The fourth-order valence-electron chi connectivity index (χ4n) is 1.91. The Labute approximate surface area is 94.9 Å². The van der Waals surface area contributed by atoms with Gasteiger partial charge in [0, 0.05) is 32.2 Å². The SMILES string of the molecule is NC1CCN(c2n[nH]c(CCCCO)n2)C1. The molecule has 1 fully saturated rings. The Bertz CT molecular complexity index is 327. The van der Waals surface area contributed by atoms with E-state index in [1.54, 1.807) is 0 Å². The lowest BCUT2D eigenvalue weighted by Gasteiger charge is -2.11. The maximum absolute atomic E-state index is 8.68. The van der Waals surface area contributed by atoms with Gasteiger partial charge in [-0.05, 0) is 19.3 Å². The lowest BCUT2D eigenvalue weighted by molar-refractivity contribution is 0.284. The van der Waals surface area contributed by atoms with Gasteiger partial charge in [-0.25, -0.2) is 0 Å². The molecule has 0 bridgehead atoms. The fraction of sp³-hybridized carbons (Fsp3) is 0.800. The number of H-pyrrole nitrogens is 1. The second kappa shape index (κ2) is 5.27. The molecular weight excluding hydrogens is 206 g/mol. The molecule has 2 rings (SSSR count).